The van der Waals surface area contributed by atoms with Crippen molar-refractivity contribution < 1.29 is 4.42 Å². The van der Waals surface area contributed by atoms with Crippen LogP contribution in [0.25, 0.3) is 0 Å². The molecule has 1 aromatic rings. The van der Waals surface area contributed by atoms with E-state index in [0.717, 1.165) is 24.6 Å². The molecule has 1 heterocycles. The van der Waals surface area contributed by atoms with Crippen LogP contribution in [0.5, 0.6) is 0 Å². The zero-order valence-electron chi connectivity index (χ0n) is 9.46. The molecule has 0 aliphatic heterocycles. The zero-order valence-corrected chi connectivity index (χ0v) is 9.46. The Bertz CT molecular complexity index is 290. The largest absolute Gasteiger partial charge is 0.445 e. The van der Waals surface area contributed by atoms with Crippen molar-refractivity contribution in [2.75, 3.05) is 13.6 Å². The maximum atomic E-state index is 5.77. The van der Waals surface area contributed by atoms with Gasteiger partial charge in [0.25, 0.3) is 0 Å². The van der Waals surface area contributed by atoms with Crippen LogP contribution >= 0.6 is 0 Å². The Morgan fingerprint density at radius 1 is 1.40 bits per heavy atom. The number of likely N-dealkylation sites (N-methyl/N-ethyl adjacent to an activating group) is 1. The second kappa shape index (κ2) is 5.31. The van der Waals surface area contributed by atoms with Gasteiger partial charge in [-0.1, -0.05) is 19.3 Å². The summed E-state index contributed by atoms with van der Waals surface area (Å²) in [4.78, 5) is 4.32. The average Bonchev–Trinajstić information content (AvgIpc) is 2.76. The summed E-state index contributed by atoms with van der Waals surface area (Å²) in [6.07, 6.45) is 9.46. The lowest BCUT2D eigenvalue weighted by Crippen LogP contribution is -2.10. The molecule has 0 aromatic carbocycles. The van der Waals surface area contributed by atoms with E-state index in [9.17, 15) is 0 Å². The van der Waals surface area contributed by atoms with Gasteiger partial charge in [0.05, 0.1) is 6.20 Å². The summed E-state index contributed by atoms with van der Waals surface area (Å²) in [5.74, 6) is 2.63. The molecular formula is C12H20N2O. The molecule has 2 rings (SSSR count). The highest BCUT2D eigenvalue weighted by Gasteiger charge is 2.19. The minimum atomic E-state index is 0.634. The summed E-state index contributed by atoms with van der Waals surface area (Å²) in [5, 5.41) is 3.10. The number of hydrogen-bond acceptors (Lipinski definition) is 3. The topological polar surface area (TPSA) is 38.1 Å². The van der Waals surface area contributed by atoms with Crippen molar-refractivity contribution >= 4 is 0 Å². The molecule has 0 atom stereocenters. The fourth-order valence-electron chi connectivity index (χ4n) is 2.25. The van der Waals surface area contributed by atoms with E-state index in [2.05, 4.69) is 10.3 Å². The molecule has 0 saturated heterocycles. The van der Waals surface area contributed by atoms with Crippen molar-refractivity contribution in [3.05, 3.63) is 17.8 Å². The molecule has 0 amide bonds. The summed E-state index contributed by atoms with van der Waals surface area (Å²) in [6.45, 7) is 0.935. The predicted molar refractivity (Wildman–Crippen MR) is 60.0 cm³/mol. The monoisotopic (exact) mass is 208 g/mol. The van der Waals surface area contributed by atoms with E-state index in [1.807, 2.05) is 13.2 Å². The average molecular weight is 208 g/mol. The first kappa shape index (κ1) is 10.7. The molecule has 1 saturated carbocycles. The lowest BCUT2D eigenvalue weighted by Gasteiger charge is -2.18. The molecule has 0 unspecified atom stereocenters. The van der Waals surface area contributed by atoms with Crippen molar-refractivity contribution in [1.82, 2.24) is 10.3 Å². The molecule has 1 N–H and O–H groups in total. The molecule has 0 bridgehead atoms. The minimum Gasteiger partial charge on any atom is -0.445 e. The molecule has 0 radical (unpaired) electrons. The van der Waals surface area contributed by atoms with Gasteiger partial charge < -0.3 is 9.73 Å². The van der Waals surface area contributed by atoms with Gasteiger partial charge in [0.1, 0.15) is 5.76 Å². The van der Waals surface area contributed by atoms with Crippen LogP contribution in [0.3, 0.4) is 0 Å². The van der Waals surface area contributed by atoms with Gasteiger partial charge in [0.2, 0.25) is 0 Å². The standard InChI is InChI=1S/C12H20N2O/c1-13-8-7-12-14-9-11(15-12)10-5-3-2-4-6-10/h9-10,13H,2-8H2,1H3. The van der Waals surface area contributed by atoms with Gasteiger partial charge in [-0.05, 0) is 19.9 Å². The van der Waals surface area contributed by atoms with E-state index in [4.69, 9.17) is 4.42 Å². The Morgan fingerprint density at radius 2 is 2.20 bits per heavy atom. The predicted octanol–water partition coefficient (Wildman–Crippen LogP) is 2.48. The van der Waals surface area contributed by atoms with Gasteiger partial charge in [0, 0.05) is 18.9 Å². The molecular weight excluding hydrogens is 188 g/mol. The van der Waals surface area contributed by atoms with Crippen LogP contribution in [0.2, 0.25) is 0 Å². The summed E-state index contributed by atoms with van der Waals surface area (Å²) in [5.41, 5.74) is 0. The molecule has 1 fully saturated rings. The number of oxazole rings is 1. The number of rotatable bonds is 4. The molecule has 3 heteroatoms. The quantitative estimate of drug-likeness (QED) is 0.826. The van der Waals surface area contributed by atoms with Crippen molar-refractivity contribution in [2.45, 2.75) is 44.4 Å². The van der Waals surface area contributed by atoms with Crippen LogP contribution in [0.15, 0.2) is 10.6 Å². The van der Waals surface area contributed by atoms with Crippen molar-refractivity contribution in [2.24, 2.45) is 0 Å². The number of aromatic nitrogens is 1. The van der Waals surface area contributed by atoms with E-state index in [1.54, 1.807) is 0 Å². The van der Waals surface area contributed by atoms with E-state index in [1.165, 1.54) is 32.1 Å². The Morgan fingerprint density at radius 3 is 2.93 bits per heavy atom. The van der Waals surface area contributed by atoms with Gasteiger partial charge >= 0.3 is 0 Å². The first-order valence-electron chi connectivity index (χ1n) is 5.99. The molecule has 1 aromatic heterocycles. The lowest BCUT2D eigenvalue weighted by atomic mass is 9.88. The highest BCUT2D eigenvalue weighted by atomic mass is 16.4. The molecule has 15 heavy (non-hydrogen) atoms. The number of nitrogens with one attached hydrogen (secondary N) is 1. The molecule has 3 nitrogen and oxygen atoms in total. The van der Waals surface area contributed by atoms with E-state index in [-0.39, 0.29) is 0 Å². The maximum Gasteiger partial charge on any atom is 0.195 e. The smallest absolute Gasteiger partial charge is 0.195 e. The maximum absolute atomic E-state index is 5.77. The highest BCUT2D eigenvalue weighted by molar-refractivity contribution is 5.03. The fraction of sp³-hybridized carbons (Fsp3) is 0.750. The van der Waals surface area contributed by atoms with Crippen molar-refractivity contribution in [3.8, 4) is 0 Å². The van der Waals surface area contributed by atoms with E-state index < -0.39 is 0 Å². The summed E-state index contributed by atoms with van der Waals surface area (Å²) in [7, 11) is 1.95. The second-order valence-corrected chi connectivity index (χ2v) is 4.34. The zero-order chi connectivity index (χ0) is 10.5. The van der Waals surface area contributed by atoms with Crippen LogP contribution in [0.4, 0.5) is 0 Å². The Labute approximate surface area is 91.3 Å². The molecule has 84 valence electrons. The Balaban J connectivity index is 1.93. The van der Waals surface area contributed by atoms with Gasteiger partial charge in [0.15, 0.2) is 5.89 Å². The normalized spacial score (nSPS) is 18.2. The van der Waals surface area contributed by atoms with Crippen molar-refractivity contribution in [3.63, 3.8) is 0 Å². The number of hydrogen-bond donors (Lipinski definition) is 1. The number of nitrogens with zero attached hydrogens (tertiary/aromatic N) is 1. The van der Waals surface area contributed by atoms with Crippen molar-refractivity contribution in [1.29, 1.82) is 0 Å². The van der Waals surface area contributed by atoms with Gasteiger partial charge in [-0.2, -0.15) is 0 Å². The third-order valence-corrected chi connectivity index (χ3v) is 3.17. The van der Waals surface area contributed by atoms with Crippen LogP contribution < -0.4 is 5.32 Å². The first-order valence-corrected chi connectivity index (χ1v) is 5.99. The third-order valence-electron chi connectivity index (χ3n) is 3.17. The summed E-state index contributed by atoms with van der Waals surface area (Å²) in [6, 6.07) is 0. The Kier molecular flexibility index (Phi) is 3.78. The highest BCUT2D eigenvalue weighted by Crippen LogP contribution is 2.32. The van der Waals surface area contributed by atoms with Crippen LogP contribution in [-0.2, 0) is 6.42 Å². The van der Waals surface area contributed by atoms with Gasteiger partial charge in [-0.15, -0.1) is 0 Å². The molecule has 0 spiro atoms. The summed E-state index contributed by atoms with van der Waals surface area (Å²) >= 11 is 0. The van der Waals surface area contributed by atoms with Gasteiger partial charge in [-0.25, -0.2) is 4.98 Å². The SMILES string of the molecule is CNCCc1ncc(C2CCCCC2)o1. The van der Waals surface area contributed by atoms with Crippen LogP contribution in [-0.4, -0.2) is 18.6 Å². The molecule has 1 aliphatic rings. The van der Waals surface area contributed by atoms with Crippen LogP contribution in [0, 0.1) is 0 Å². The van der Waals surface area contributed by atoms with E-state index in [0.29, 0.717) is 5.92 Å². The summed E-state index contributed by atoms with van der Waals surface area (Å²) < 4.78 is 5.77. The second-order valence-electron chi connectivity index (χ2n) is 4.34. The first-order chi connectivity index (χ1) is 7.40. The van der Waals surface area contributed by atoms with E-state index >= 15 is 0 Å². The fourth-order valence-corrected chi connectivity index (χ4v) is 2.25. The van der Waals surface area contributed by atoms with Crippen LogP contribution in [0.1, 0.15) is 49.7 Å². The van der Waals surface area contributed by atoms with Gasteiger partial charge in [-0.3, -0.25) is 0 Å². The molecule has 1 aliphatic carbocycles. The Hall–Kier alpha value is -0.830. The lowest BCUT2D eigenvalue weighted by molar-refractivity contribution is 0.359. The minimum absolute atomic E-state index is 0.634. The third kappa shape index (κ3) is 2.81.